The normalized spacial score (nSPS) is 29.8. The monoisotopic (exact) mass is 596 g/mol. The number of hydrogen-bond acceptors (Lipinski definition) is 8. The summed E-state index contributed by atoms with van der Waals surface area (Å²) in [5, 5.41) is 1.32. The lowest BCUT2D eigenvalue weighted by Gasteiger charge is -2.43. The average Bonchev–Trinajstić information content (AvgIpc) is 3.67. The molecule has 8 nitrogen and oxygen atoms in total. The highest BCUT2D eigenvalue weighted by molar-refractivity contribution is 8.00. The van der Waals surface area contributed by atoms with E-state index in [4.69, 9.17) is 21.1 Å². The van der Waals surface area contributed by atoms with Gasteiger partial charge in [0.25, 0.3) is 0 Å². The lowest BCUT2D eigenvalue weighted by molar-refractivity contribution is -0.145. The molecule has 2 aromatic carbocycles. The number of thiazole rings is 1. The number of rotatable bonds is 6. The van der Waals surface area contributed by atoms with Crippen molar-refractivity contribution in [2.24, 2.45) is 29.6 Å². The molecule has 206 valence electrons. The number of amides is 2. The molecule has 1 saturated heterocycles. The van der Waals surface area contributed by atoms with Crippen LogP contribution in [0.5, 0.6) is 5.75 Å². The number of aromatic nitrogens is 1. The number of esters is 1. The number of halogens is 1. The van der Waals surface area contributed by atoms with Gasteiger partial charge in [-0.15, -0.1) is 11.8 Å². The van der Waals surface area contributed by atoms with Crippen molar-refractivity contribution in [1.82, 2.24) is 4.98 Å². The van der Waals surface area contributed by atoms with Crippen molar-refractivity contribution >= 4 is 58.2 Å². The number of H-pyrrole nitrogens is 1. The van der Waals surface area contributed by atoms with E-state index in [9.17, 15) is 19.2 Å². The average molecular weight is 597 g/mol. The molecule has 4 aliphatic rings. The number of imide groups is 1. The van der Waals surface area contributed by atoms with Crippen molar-refractivity contribution in [2.75, 3.05) is 18.1 Å². The van der Waals surface area contributed by atoms with Gasteiger partial charge in [-0.1, -0.05) is 41.1 Å². The molecule has 2 aliphatic heterocycles. The lowest BCUT2D eigenvalue weighted by atomic mass is 9.68. The largest absolute Gasteiger partial charge is 0.482 e. The van der Waals surface area contributed by atoms with Gasteiger partial charge in [0.1, 0.15) is 5.75 Å². The number of benzene rings is 2. The molecule has 40 heavy (non-hydrogen) atoms. The first-order chi connectivity index (χ1) is 19.4. The molecule has 2 aliphatic carbocycles. The number of anilines is 1. The molecule has 2 saturated carbocycles. The Labute approximate surface area is 243 Å². The molecule has 3 aromatic rings. The van der Waals surface area contributed by atoms with Crippen LogP contribution in [0.25, 0.3) is 0 Å². The summed E-state index contributed by atoms with van der Waals surface area (Å²) in [5.74, 6) is -1.42. The van der Waals surface area contributed by atoms with E-state index in [1.807, 2.05) is 24.3 Å². The summed E-state index contributed by atoms with van der Waals surface area (Å²) in [4.78, 5) is 57.4. The van der Waals surface area contributed by atoms with Gasteiger partial charge in [-0.25, -0.2) is 4.79 Å². The van der Waals surface area contributed by atoms with Gasteiger partial charge in [0.2, 0.25) is 11.8 Å². The Morgan fingerprint density at radius 3 is 2.58 bits per heavy atom. The minimum Gasteiger partial charge on any atom is -0.482 e. The zero-order chi connectivity index (χ0) is 27.7. The third kappa shape index (κ3) is 3.87. The van der Waals surface area contributed by atoms with Crippen molar-refractivity contribution in [1.29, 1.82) is 0 Å². The first-order valence-corrected chi connectivity index (χ1v) is 15.3. The topological polar surface area (TPSA) is 106 Å². The van der Waals surface area contributed by atoms with Crippen LogP contribution in [0.15, 0.2) is 58.4 Å². The second kappa shape index (κ2) is 9.78. The van der Waals surface area contributed by atoms with Crippen molar-refractivity contribution in [3.8, 4) is 5.75 Å². The fraction of sp³-hybridized carbons (Fsp3) is 0.379. The van der Waals surface area contributed by atoms with Gasteiger partial charge in [0.05, 0.1) is 29.2 Å². The van der Waals surface area contributed by atoms with Gasteiger partial charge in [-0.3, -0.25) is 19.3 Å². The molecule has 7 atom stereocenters. The first-order valence-electron chi connectivity index (χ1n) is 13.3. The fourth-order valence-corrected chi connectivity index (χ4v) is 10.5. The molecule has 6 unspecified atom stereocenters. The molecule has 11 heteroatoms. The zero-order valence-corrected chi connectivity index (χ0v) is 23.8. The molecular formula is C29H25ClN2O6S2. The number of carbonyl (C=O) groups is 3. The van der Waals surface area contributed by atoms with E-state index in [2.05, 4.69) is 4.98 Å². The molecule has 7 rings (SSSR count). The van der Waals surface area contributed by atoms with Gasteiger partial charge in [0, 0.05) is 26.6 Å². The maximum atomic E-state index is 13.9. The number of carbonyl (C=O) groups excluding carboxylic acids is 3. The maximum absolute atomic E-state index is 13.9. The van der Waals surface area contributed by atoms with Gasteiger partial charge < -0.3 is 14.5 Å². The summed E-state index contributed by atoms with van der Waals surface area (Å²) in [6.45, 7) is 1.72. The van der Waals surface area contributed by atoms with Crippen LogP contribution < -0.4 is 14.5 Å². The summed E-state index contributed by atoms with van der Waals surface area (Å²) >= 11 is 9.27. The van der Waals surface area contributed by atoms with Crippen LogP contribution >= 0.6 is 34.7 Å². The lowest BCUT2D eigenvalue weighted by Crippen LogP contribution is -2.42. The number of hydrogen-bond donors (Lipinski definition) is 1. The number of nitrogens with one attached hydrogen (secondary N) is 1. The van der Waals surface area contributed by atoms with Crippen LogP contribution in [-0.2, 0) is 19.1 Å². The molecule has 2 amide bonds. The van der Waals surface area contributed by atoms with E-state index in [0.29, 0.717) is 16.5 Å². The number of ether oxygens (including phenoxy) is 2. The van der Waals surface area contributed by atoms with Crippen molar-refractivity contribution < 1.29 is 23.9 Å². The minimum atomic E-state index is -0.480. The number of nitrogens with zero attached hydrogens (tertiary/aromatic N) is 1. The Kier molecular flexibility index (Phi) is 6.32. The molecule has 0 radical (unpaired) electrons. The Bertz CT molecular complexity index is 1590. The Morgan fingerprint density at radius 2 is 1.82 bits per heavy atom. The maximum Gasteiger partial charge on any atom is 0.344 e. The highest BCUT2D eigenvalue weighted by Crippen LogP contribution is 2.69. The van der Waals surface area contributed by atoms with E-state index in [1.165, 1.54) is 4.90 Å². The summed E-state index contributed by atoms with van der Waals surface area (Å²) in [5.41, 5.74) is 1.37. The summed E-state index contributed by atoms with van der Waals surface area (Å²) in [7, 11) is 0. The predicted molar refractivity (Wildman–Crippen MR) is 151 cm³/mol. The number of fused-ring (bicyclic) bond motifs is 9. The van der Waals surface area contributed by atoms with Crippen LogP contribution in [0.2, 0.25) is 5.02 Å². The van der Waals surface area contributed by atoms with E-state index < -0.39 is 11.9 Å². The van der Waals surface area contributed by atoms with Gasteiger partial charge in [-0.05, 0) is 61.4 Å². The molecule has 3 heterocycles. The highest BCUT2D eigenvalue weighted by Gasteiger charge is 2.69. The molecule has 1 N–H and O–H groups in total. The Morgan fingerprint density at radius 1 is 1.07 bits per heavy atom. The third-order valence-electron chi connectivity index (χ3n) is 8.70. The SMILES string of the molecule is CCOC(=O)COc1ccc(Cl)cc1[C@H]1c2sc(=O)[nH]c2SC2C3CC(C4C(=O)N(c5ccccc5)C(=O)C34)C21. The molecular weight excluding hydrogens is 572 g/mol. The van der Waals surface area contributed by atoms with Crippen LogP contribution in [0.4, 0.5) is 5.69 Å². The number of aromatic amines is 1. The van der Waals surface area contributed by atoms with Crippen LogP contribution in [0, 0.1) is 29.6 Å². The van der Waals surface area contributed by atoms with E-state index in [1.54, 1.807) is 43.0 Å². The van der Waals surface area contributed by atoms with Crippen molar-refractivity contribution in [2.45, 2.75) is 29.5 Å². The first kappa shape index (κ1) is 25.9. The van der Waals surface area contributed by atoms with Crippen LogP contribution in [0.3, 0.4) is 0 Å². The van der Waals surface area contributed by atoms with Gasteiger partial charge >= 0.3 is 10.8 Å². The quantitative estimate of drug-likeness (QED) is 0.324. The van der Waals surface area contributed by atoms with Crippen LogP contribution in [0.1, 0.15) is 29.7 Å². The summed E-state index contributed by atoms with van der Waals surface area (Å²) in [6.07, 6.45) is 0.771. The predicted octanol–water partition coefficient (Wildman–Crippen LogP) is 4.71. The second-order valence-electron chi connectivity index (χ2n) is 10.6. The Hall–Kier alpha value is -3.08. The summed E-state index contributed by atoms with van der Waals surface area (Å²) in [6, 6.07) is 14.4. The molecule has 3 fully saturated rings. The van der Waals surface area contributed by atoms with E-state index in [0.717, 1.165) is 33.2 Å². The third-order valence-corrected chi connectivity index (χ3v) is 11.5. The summed E-state index contributed by atoms with van der Waals surface area (Å²) < 4.78 is 11.0. The number of para-hydroxylation sites is 1. The van der Waals surface area contributed by atoms with Crippen molar-refractivity contribution in [3.05, 3.63) is 73.7 Å². The standard InChI is InChI=1S/C29H25ClN2O6S2/c1-2-37-19(33)12-38-18-9-8-13(30)10-15(18)20-21-16-11-17(24(21)39-26-25(20)40-29(36)31-26)23-22(16)27(34)32(28(23)35)14-6-4-3-5-7-14/h3-10,16-17,20-24H,2,11-12H2,1H3,(H,31,36)/t16?,17?,20-,21?,22?,23?,24?/m1/s1. The minimum absolute atomic E-state index is 0.00250. The molecule has 1 aromatic heterocycles. The van der Waals surface area contributed by atoms with Gasteiger partial charge in [0.15, 0.2) is 6.61 Å². The number of thioether (sulfide) groups is 1. The Balaban J connectivity index is 1.31. The fourth-order valence-electron chi connectivity index (χ4n) is 7.43. The smallest absolute Gasteiger partial charge is 0.344 e. The highest BCUT2D eigenvalue weighted by atomic mass is 35.5. The zero-order valence-electron chi connectivity index (χ0n) is 21.4. The molecule has 2 bridgehead atoms. The second-order valence-corrected chi connectivity index (χ2v) is 13.2. The van der Waals surface area contributed by atoms with Crippen molar-refractivity contribution in [3.63, 3.8) is 0 Å². The van der Waals surface area contributed by atoms with E-state index >= 15 is 0 Å². The van der Waals surface area contributed by atoms with E-state index in [-0.39, 0.29) is 64.7 Å². The van der Waals surface area contributed by atoms with Gasteiger partial charge in [-0.2, -0.15) is 0 Å². The van der Waals surface area contributed by atoms with Crippen LogP contribution in [-0.4, -0.2) is 41.2 Å². The molecule has 0 spiro atoms.